The number of carbonyl (C=O) groups is 1. The largest absolute Gasteiger partial charge is 0.295 e. The number of ketones is 1. The summed E-state index contributed by atoms with van der Waals surface area (Å²) in [6.45, 7) is 5.51. The van der Waals surface area contributed by atoms with E-state index in [0.29, 0.717) is 11.1 Å². The minimum Gasteiger partial charge on any atom is -0.295 e. The van der Waals surface area contributed by atoms with Crippen LogP contribution in [0.25, 0.3) is 11.1 Å². The molecule has 0 aliphatic rings. The second kappa shape index (κ2) is 5.57. The van der Waals surface area contributed by atoms with Gasteiger partial charge in [0.15, 0.2) is 5.78 Å². The number of Topliss-reactive ketones (excluding diaryl/α,β-unsaturated/α-hetero) is 1. The van der Waals surface area contributed by atoms with Gasteiger partial charge in [-0.25, -0.2) is 4.39 Å². The average molecular weight is 274 g/mol. The van der Waals surface area contributed by atoms with Gasteiger partial charge < -0.3 is 0 Å². The van der Waals surface area contributed by atoms with Crippen LogP contribution < -0.4 is 0 Å². The van der Waals surface area contributed by atoms with Gasteiger partial charge in [-0.15, -0.1) is 0 Å². The highest BCUT2D eigenvalue weighted by atomic mass is 19.1. The lowest BCUT2D eigenvalue weighted by atomic mass is 9.97. The maximum Gasteiger partial charge on any atom is 0.159 e. The third-order valence-corrected chi connectivity index (χ3v) is 3.55. The molecular weight excluding hydrogens is 255 g/mol. The van der Waals surface area contributed by atoms with Crippen LogP contribution in [0.15, 0.2) is 18.2 Å². The van der Waals surface area contributed by atoms with Crippen molar-refractivity contribution >= 4 is 5.78 Å². The number of rotatable bonds is 4. The molecule has 2 aromatic rings. The number of benzene rings is 1. The zero-order chi connectivity index (χ0) is 14.9. The normalized spacial score (nSPS) is 10.8. The SMILES string of the molecule is CCc1nn(C)c(CC)c1-c1cc(C(C)=O)ccc1F. The summed E-state index contributed by atoms with van der Waals surface area (Å²) in [5, 5.41) is 4.46. The molecule has 106 valence electrons. The van der Waals surface area contributed by atoms with Crippen LogP contribution in [0.1, 0.15) is 42.5 Å². The molecule has 1 heterocycles. The smallest absolute Gasteiger partial charge is 0.159 e. The zero-order valence-corrected chi connectivity index (χ0v) is 12.3. The lowest BCUT2D eigenvalue weighted by molar-refractivity contribution is 0.101. The Bertz CT molecular complexity index is 659. The molecule has 0 radical (unpaired) electrons. The number of hydrogen-bond acceptors (Lipinski definition) is 2. The maximum atomic E-state index is 14.2. The van der Waals surface area contributed by atoms with Crippen molar-refractivity contribution in [3.63, 3.8) is 0 Å². The number of aromatic nitrogens is 2. The van der Waals surface area contributed by atoms with Crippen molar-refractivity contribution in [2.45, 2.75) is 33.6 Å². The van der Waals surface area contributed by atoms with Crippen molar-refractivity contribution in [2.75, 3.05) is 0 Å². The Labute approximate surface area is 118 Å². The van der Waals surface area contributed by atoms with Crippen LogP contribution >= 0.6 is 0 Å². The Hall–Kier alpha value is -1.97. The first-order valence-corrected chi connectivity index (χ1v) is 6.85. The minimum atomic E-state index is -0.313. The molecule has 0 saturated carbocycles. The molecule has 3 nitrogen and oxygen atoms in total. The molecule has 4 heteroatoms. The summed E-state index contributed by atoms with van der Waals surface area (Å²) >= 11 is 0. The van der Waals surface area contributed by atoms with Crippen molar-refractivity contribution in [2.24, 2.45) is 7.05 Å². The molecule has 0 amide bonds. The lowest BCUT2D eigenvalue weighted by Gasteiger charge is -2.08. The Morgan fingerprint density at radius 2 is 2.00 bits per heavy atom. The van der Waals surface area contributed by atoms with E-state index < -0.39 is 0 Å². The highest BCUT2D eigenvalue weighted by molar-refractivity contribution is 5.95. The van der Waals surface area contributed by atoms with E-state index in [-0.39, 0.29) is 11.6 Å². The molecule has 0 unspecified atom stereocenters. The predicted molar refractivity (Wildman–Crippen MR) is 77.4 cm³/mol. The summed E-state index contributed by atoms with van der Waals surface area (Å²) in [5.41, 5.74) is 3.68. The molecule has 0 bridgehead atoms. The van der Waals surface area contributed by atoms with E-state index in [1.807, 2.05) is 20.9 Å². The van der Waals surface area contributed by atoms with E-state index >= 15 is 0 Å². The van der Waals surface area contributed by atoms with Gasteiger partial charge >= 0.3 is 0 Å². The fourth-order valence-corrected chi connectivity index (χ4v) is 2.52. The van der Waals surface area contributed by atoms with Crippen molar-refractivity contribution in [3.05, 3.63) is 41.0 Å². The summed E-state index contributed by atoms with van der Waals surface area (Å²) in [4.78, 5) is 11.5. The Balaban J connectivity index is 2.73. The monoisotopic (exact) mass is 274 g/mol. The fraction of sp³-hybridized carbons (Fsp3) is 0.375. The molecule has 1 aromatic heterocycles. The summed E-state index contributed by atoms with van der Waals surface area (Å²) in [6.07, 6.45) is 1.50. The zero-order valence-electron chi connectivity index (χ0n) is 12.3. The van der Waals surface area contributed by atoms with Crippen molar-refractivity contribution in [3.8, 4) is 11.1 Å². The summed E-state index contributed by atoms with van der Waals surface area (Å²) in [5.74, 6) is -0.376. The molecule has 20 heavy (non-hydrogen) atoms. The average Bonchev–Trinajstić information content (AvgIpc) is 2.74. The van der Waals surface area contributed by atoms with Gasteiger partial charge in [0.25, 0.3) is 0 Å². The van der Waals surface area contributed by atoms with E-state index in [2.05, 4.69) is 5.10 Å². The third-order valence-electron chi connectivity index (χ3n) is 3.55. The van der Waals surface area contributed by atoms with Gasteiger partial charge in [0, 0.05) is 29.4 Å². The second-order valence-corrected chi connectivity index (χ2v) is 4.85. The Kier molecular flexibility index (Phi) is 4.02. The van der Waals surface area contributed by atoms with Crippen LogP contribution in [-0.2, 0) is 19.9 Å². The fourth-order valence-electron chi connectivity index (χ4n) is 2.52. The summed E-state index contributed by atoms with van der Waals surface area (Å²) < 4.78 is 16.0. The number of aryl methyl sites for hydroxylation is 2. The number of hydrogen-bond donors (Lipinski definition) is 0. The van der Waals surface area contributed by atoms with Crippen LogP contribution in [0.3, 0.4) is 0 Å². The van der Waals surface area contributed by atoms with Crippen molar-refractivity contribution in [1.29, 1.82) is 0 Å². The van der Waals surface area contributed by atoms with E-state index in [9.17, 15) is 9.18 Å². The van der Waals surface area contributed by atoms with E-state index in [4.69, 9.17) is 0 Å². The molecule has 0 aliphatic heterocycles. The molecular formula is C16H19FN2O. The molecule has 0 N–H and O–H groups in total. The van der Waals surface area contributed by atoms with E-state index in [1.165, 1.54) is 19.1 Å². The molecule has 1 aromatic carbocycles. The molecule has 0 fully saturated rings. The first kappa shape index (κ1) is 14.4. The van der Waals surface area contributed by atoms with Gasteiger partial charge in [0.1, 0.15) is 5.82 Å². The highest BCUT2D eigenvalue weighted by Crippen LogP contribution is 2.31. The van der Waals surface area contributed by atoms with Crippen molar-refractivity contribution in [1.82, 2.24) is 9.78 Å². The Morgan fingerprint density at radius 1 is 1.30 bits per heavy atom. The first-order chi connectivity index (χ1) is 9.49. The van der Waals surface area contributed by atoms with Gasteiger partial charge in [-0.05, 0) is 38.0 Å². The Morgan fingerprint density at radius 3 is 2.55 bits per heavy atom. The van der Waals surface area contributed by atoms with Crippen LogP contribution in [-0.4, -0.2) is 15.6 Å². The number of halogens is 1. The van der Waals surface area contributed by atoms with Crippen LogP contribution in [0.2, 0.25) is 0 Å². The molecule has 2 rings (SSSR count). The van der Waals surface area contributed by atoms with E-state index in [1.54, 1.807) is 10.7 Å². The summed E-state index contributed by atoms with van der Waals surface area (Å²) in [6, 6.07) is 4.51. The number of nitrogens with zero attached hydrogens (tertiary/aromatic N) is 2. The van der Waals surface area contributed by atoms with Gasteiger partial charge in [-0.1, -0.05) is 13.8 Å². The molecule has 0 aliphatic carbocycles. The van der Waals surface area contributed by atoms with Gasteiger partial charge in [0.2, 0.25) is 0 Å². The van der Waals surface area contributed by atoms with Gasteiger partial charge in [-0.2, -0.15) is 5.10 Å². The minimum absolute atomic E-state index is 0.0637. The van der Waals surface area contributed by atoms with Crippen molar-refractivity contribution < 1.29 is 9.18 Å². The standard InChI is InChI=1S/C16H19FN2O/c1-5-14-16(15(6-2)19(4)18-14)12-9-11(10(3)20)7-8-13(12)17/h7-9H,5-6H2,1-4H3. The predicted octanol–water partition coefficient (Wildman–Crippen LogP) is 3.55. The molecule has 0 atom stereocenters. The second-order valence-electron chi connectivity index (χ2n) is 4.85. The molecule has 0 saturated heterocycles. The van der Waals surface area contributed by atoms with Crippen LogP contribution in [0.5, 0.6) is 0 Å². The quantitative estimate of drug-likeness (QED) is 0.799. The van der Waals surface area contributed by atoms with Gasteiger partial charge in [0.05, 0.1) is 5.69 Å². The van der Waals surface area contributed by atoms with E-state index in [0.717, 1.165) is 29.8 Å². The van der Waals surface area contributed by atoms with Crippen LogP contribution in [0.4, 0.5) is 4.39 Å². The van der Waals surface area contributed by atoms with Gasteiger partial charge in [-0.3, -0.25) is 9.48 Å². The first-order valence-electron chi connectivity index (χ1n) is 6.85. The highest BCUT2D eigenvalue weighted by Gasteiger charge is 2.19. The summed E-state index contributed by atoms with van der Waals surface area (Å²) in [7, 11) is 1.87. The maximum absolute atomic E-state index is 14.2. The lowest BCUT2D eigenvalue weighted by Crippen LogP contribution is -1.99. The topological polar surface area (TPSA) is 34.9 Å². The van der Waals surface area contributed by atoms with Crippen LogP contribution in [0, 0.1) is 5.82 Å². The third kappa shape index (κ3) is 2.38. The molecule has 0 spiro atoms. The number of carbonyl (C=O) groups excluding carboxylic acids is 1.